The topological polar surface area (TPSA) is 55.1 Å². The normalized spacial score (nSPS) is 12.5. The van der Waals surface area contributed by atoms with Crippen LogP contribution in [0, 0.1) is 0 Å². The smallest absolute Gasteiger partial charge is 0.221 e. The van der Waals surface area contributed by atoms with Crippen molar-refractivity contribution in [2.24, 2.45) is 5.73 Å². The van der Waals surface area contributed by atoms with Crippen LogP contribution in [-0.2, 0) is 4.79 Å². The van der Waals surface area contributed by atoms with E-state index in [1.165, 1.54) is 4.88 Å². The molecule has 1 aromatic rings. The van der Waals surface area contributed by atoms with Crippen molar-refractivity contribution in [1.82, 2.24) is 5.32 Å². The van der Waals surface area contributed by atoms with Crippen molar-refractivity contribution in [2.45, 2.75) is 19.4 Å². The molecule has 1 unspecified atom stereocenters. The summed E-state index contributed by atoms with van der Waals surface area (Å²) in [5.41, 5.74) is 5.27. The van der Waals surface area contributed by atoms with E-state index in [1.54, 1.807) is 11.3 Å². The number of carbonyl (C=O) groups is 1. The Bertz CT molecular complexity index is 259. The van der Waals surface area contributed by atoms with Crippen molar-refractivity contribution in [1.29, 1.82) is 0 Å². The van der Waals surface area contributed by atoms with Gasteiger partial charge in [-0.2, -0.15) is 0 Å². The maximum absolute atomic E-state index is 11.2. The summed E-state index contributed by atoms with van der Waals surface area (Å²) in [6, 6.07) is 4.09. The van der Waals surface area contributed by atoms with Crippen molar-refractivity contribution >= 4 is 17.2 Å². The zero-order valence-corrected chi connectivity index (χ0v) is 8.43. The molecule has 1 rings (SSSR count). The third kappa shape index (κ3) is 3.16. The first-order valence-electron chi connectivity index (χ1n) is 4.27. The zero-order chi connectivity index (χ0) is 9.68. The van der Waals surface area contributed by atoms with Crippen LogP contribution >= 0.6 is 11.3 Å². The van der Waals surface area contributed by atoms with E-state index < -0.39 is 0 Å². The maximum Gasteiger partial charge on any atom is 0.221 e. The highest BCUT2D eigenvalue weighted by atomic mass is 32.1. The minimum atomic E-state index is 0.0170. The van der Waals surface area contributed by atoms with Gasteiger partial charge in [-0.05, 0) is 18.4 Å². The molecular weight excluding hydrogens is 184 g/mol. The largest absolute Gasteiger partial charge is 0.349 e. The van der Waals surface area contributed by atoms with Gasteiger partial charge in [-0.15, -0.1) is 11.3 Å². The molecule has 0 aliphatic carbocycles. The predicted molar refractivity (Wildman–Crippen MR) is 54.5 cm³/mol. The summed E-state index contributed by atoms with van der Waals surface area (Å²) in [4.78, 5) is 12.3. The molecule has 1 heterocycles. The highest BCUT2D eigenvalue weighted by molar-refractivity contribution is 7.10. The van der Waals surface area contributed by atoms with Gasteiger partial charge >= 0.3 is 0 Å². The van der Waals surface area contributed by atoms with Crippen molar-refractivity contribution in [3.05, 3.63) is 22.4 Å². The number of hydrogen-bond donors (Lipinski definition) is 2. The lowest BCUT2D eigenvalue weighted by Crippen LogP contribution is -2.27. The zero-order valence-electron chi connectivity index (χ0n) is 7.62. The number of nitrogens with two attached hydrogens (primary N) is 1. The van der Waals surface area contributed by atoms with Crippen LogP contribution in [0.25, 0.3) is 0 Å². The summed E-state index contributed by atoms with van der Waals surface area (Å²) < 4.78 is 0. The molecule has 3 N–H and O–H groups in total. The molecule has 72 valence electrons. The van der Waals surface area contributed by atoms with Crippen LogP contribution in [0.15, 0.2) is 17.5 Å². The van der Waals surface area contributed by atoms with E-state index in [0.29, 0.717) is 13.0 Å². The second-order valence-corrected chi connectivity index (χ2v) is 3.82. The number of rotatable bonds is 4. The van der Waals surface area contributed by atoms with Gasteiger partial charge < -0.3 is 11.1 Å². The minimum Gasteiger partial charge on any atom is -0.349 e. The van der Waals surface area contributed by atoms with Crippen molar-refractivity contribution in [3.63, 3.8) is 0 Å². The Morgan fingerprint density at radius 3 is 3.08 bits per heavy atom. The molecule has 0 aromatic carbocycles. The fourth-order valence-corrected chi connectivity index (χ4v) is 1.79. The van der Waals surface area contributed by atoms with E-state index >= 15 is 0 Å². The van der Waals surface area contributed by atoms with Crippen LogP contribution in [0.4, 0.5) is 0 Å². The molecular formula is C9H14N2OS. The molecule has 0 saturated carbocycles. The predicted octanol–water partition coefficient (Wildman–Crippen LogP) is 1.27. The average Bonchev–Trinajstić information content (AvgIpc) is 2.55. The standard InChI is InChI=1S/C9H14N2OS/c1-7(8-3-2-6-13-8)11-9(12)4-5-10/h2-3,6-7H,4-5,10H2,1H3,(H,11,12). The molecule has 0 aliphatic heterocycles. The summed E-state index contributed by atoms with van der Waals surface area (Å²) in [7, 11) is 0. The highest BCUT2D eigenvalue weighted by Gasteiger charge is 2.08. The van der Waals surface area contributed by atoms with Crippen LogP contribution in [0.5, 0.6) is 0 Å². The molecule has 0 fully saturated rings. The maximum atomic E-state index is 11.2. The molecule has 1 atom stereocenters. The summed E-state index contributed by atoms with van der Waals surface area (Å²) in [5.74, 6) is 0.0170. The molecule has 0 bridgehead atoms. The van der Waals surface area contributed by atoms with Gasteiger partial charge in [0.25, 0.3) is 0 Å². The van der Waals surface area contributed by atoms with Gasteiger partial charge in [0.15, 0.2) is 0 Å². The fraction of sp³-hybridized carbons (Fsp3) is 0.444. The van der Waals surface area contributed by atoms with Crippen molar-refractivity contribution in [3.8, 4) is 0 Å². The van der Waals surface area contributed by atoms with E-state index in [-0.39, 0.29) is 11.9 Å². The molecule has 1 aromatic heterocycles. The number of amides is 1. The molecule has 4 heteroatoms. The van der Waals surface area contributed by atoms with E-state index in [0.717, 1.165) is 0 Å². The van der Waals surface area contributed by atoms with Gasteiger partial charge in [-0.1, -0.05) is 6.07 Å². The Labute approximate surface area is 81.9 Å². The minimum absolute atomic E-state index is 0.0170. The van der Waals surface area contributed by atoms with E-state index in [4.69, 9.17) is 5.73 Å². The fourth-order valence-electron chi connectivity index (χ4n) is 1.05. The van der Waals surface area contributed by atoms with Gasteiger partial charge in [0, 0.05) is 17.8 Å². The van der Waals surface area contributed by atoms with Crippen molar-refractivity contribution < 1.29 is 4.79 Å². The first kappa shape index (κ1) is 10.2. The molecule has 0 saturated heterocycles. The number of thiophene rings is 1. The Hall–Kier alpha value is -0.870. The third-order valence-corrected chi connectivity index (χ3v) is 2.77. The van der Waals surface area contributed by atoms with Crippen LogP contribution in [0.3, 0.4) is 0 Å². The van der Waals surface area contributed by atoms with Gasteiger partial charge in [0.2, 0.25) is 5.91 Å². The van der Waals surface area contributed by atoms with Gasteiger partial charge in [-0.25, -0.2) is 0 Å². The molecule has 1 amide bonds. The summed E-state index contributed by atoms with van der Waals surface area (Å²) in [5, 5.41) is 4.88. The number of carbonyl (C=O) groups excluding carboxylic acids is 1. The van der Waals surface area contributed by atoms with Crippen LogP contribution < -0.4 is 11.1 Å². The Morgan fingerprint density at radius 1 is 1.77 bits per heavy atom. The molecule has 0 spiro atoms. The van der Waals surface area contributed by atoms with Crippen LogP contribution in [0.1, 0.15) is 24.3 Å². The lowest BCUT2D eigenvalue weighted by molar-refractivity contribution is -0.121. The van der Waals surface area contributed by atoms with Gasteiger partial charge in [-0.3, -0.25) is 4.79 Å². The van der Waals surface area contributed by atoms with Gasteiger partial charge in [0.05, 0.1) is 6.04 Å². The Balaban J connectivity index is 2.42. The van der Waals surface area contributed by atoms with Crippen molar-refractivity contribution in [2.75, 3.05) is 6.54 Å². The summed E-state index contributed by atoms with van der Waals surface area (Å²) >= 11 is 1.65. The second kappa shape index (κ2) is 4.99. The monoisotopic (exact) mass is 198 g/mol. The average molecular weight is 198 g/mol. The van der Waals surface area contributed by atoms with E-state index in [1.807, 2.05) is 24.4 Å². The SMILES string of the molecule is CC(NC(=O)CCN)c1cccs1. The Kier molecular flexibility index (Phi) is 3.92. The first-order chi connectivity index (χ1) is 6.24. The third-order valence-electron chi connectivity index (χ3n) is 1.72. The first-order valence-corrected chi connectivity index (χ1v) is 5.15. The summed E-state index contributed by atoms with van der Waals surface area (Å²) in [6.07, 6.45) is 0.399. The molecule has 13 heavy (non-hydrogen) atoms. The van der Waals surface area contributed by atoms with E-state index in [9.17, 15) is 4.79 Å². The lowest BCUT2D eigenvalue weighted by atomic mass is 10.2. The van der Waals surface area contributed by atoms with Crippen LogP contribution in [-0.4, -0.2) is 12.5 Å². The van der Waals surface area contributed by atoms with Gasteiger partial charge in [0.1, 0.15) is 0 Å². The van der Waals surface area contributed by atoms with E-state index in [2.05, 4.69) is 5.32 Å². The number of nitrogens with one attached hydrogen (secondary N) is 1. The number of hydrogen-bond acceptors (Lipinski definition) is 3. The summed E-state index contributed by atoms with van der Waals surface area (Å²) in [6.45, 7) is 2.38. The molecule has 0 radical (unpaired) electrons. The molecule has 3 nitrogen and oxygen atoms in total. The quantitative estimate of drug-likeness (QED) is 0.765. The second-order valence-electron chi connectivity index (χ2n) is 2.84. The highest BCUT2D eigenvalue weighted by Crippen LogP contribution is 2.17. The molecule has 0 aliphatic rings. The Morgan fingerprint density at radius 2 is 2.54 bits per heavy atom. The van der Waals surface area contributed by atoms with Crippen LogP contribution in [0.2, 0.25) is 0 Å². The lowest BCUT2D eigenvalue weighted by Gasteiger charge is -2.11.